The molecule has 0 amide bonds. The topological polar surface area (TPSA) is 86.0 Å². The van der Waals surface area contributed by atoms with Crippen molar-refractivity contribution in [2.75, 3.05) is 13.2 Å². The Morgan fingerprint density at radius 2 is 2.10 bits per heavy atom. The first-order chi connectivity index (χ1) is 14.3. The van der Waals surface area contributed by atoms with Gasteiger partial charge in [-0.1, -0.05) is 6.07 Å². The molecule has 0 saturated carbocycles. The Morgan fingerprint density at radius 3 is 2.73 bits per heavy atom. The van der Waals surface area contributed by atoms with E-state index in [0.717, 1.165) is 16.8 Å². The molecule has 1 saturated heterocycles. The normalized spacial score (nSPS) is 21.8. The highest BCUT2D eigenvalue weighted by Gasteiger charge is 2.31. The zero-order chi connectivity index (χ0) is 21.8. The lowest BCUT2D eigenvalue weighted by Crippen LogP contribution is -2.40. The van der Waals surface area contributed by atoms with Crippen LogP contribution in [0.5, 0.6) is 11.6 Å². The van der Waals surface area contributed by atoms with Crippen LogP contribution in [-0.4, -0.2) is 51.7 Å². The van der Waals surface area contributed by atoms with Gasteiger partial charge in [0, 0.05) is 36.6 Å². The third-order valence-electron chi connectivity index (χ3n) is 5.19. The van der Waals surface area contributed by atoms with Crippen LogP contribution >= 0.6 is 0 Å². The molecule has 0 aliphatic carbocycles. The summed E-state index contributed by atoms with van der Waals surface area (Å²) in [6.45, 7) is 8.02. The van der Waals surface area contributed by atoms with Crippen molar-refractivity contribution < 1.29 is 28.8 Å². The highest BCUT2D eigenvalue weighted by atomic mass is 19.1. The average molecular weight is 422 g/mol. The van der Waals surface area contributed by atoms with E-state index in [2.05, 4.69) is 5.10 Å². The molecule has 3 rings (SSSR count). The lowest BCUT2D eigenvalue weighted by molar-refractivity contribution is -0.186. The van der Waals surface area contributed by atoms with E-state index in [1.165, 1.54) is 6.07 Å². The average Bonchev–Trinajstić information content (AvgIpc) is 2.99. The van der Waals surface area contributed by atoms with Crippen LogP contribution in [0.1, 0.15) is 56.5 Å². The molecule has 0 radical (unpaired) electrons. The van der Waals surface area contributed by atoms with Gasteiger partial charge in [0.05, 0.1) is 25.4 Å². The Bertz CT molecular complexity index is 854. The fraction of sp³-hybridized carbons (Fsp3) is 0.591. The molecule has 8 heteroatoms. The maximum atomic E-state index is 14.3. The molecule has 3 atom stereocenters. The Balaban J connectivity index is 1.87. The van der Waals surface area contributed by atoms with E-state index >= 15 is 0 Å². The number of nitrogens with zero attached hydrogens (tertiary/aromatic N) is 2. The first-order valence-electron chi connectivity index (χ1n) is 10.4. The minimum absolute atomic E-state index is 0.112. The number of aliphatic hydroxyl groups is 2. The Labute approximate surface area is 176 Å². The Morgan fingerprint density at radius 1 is 1.33 bits per heavy atom. The van der Waals surface area contributed by atoms with E-state index in [4.69, 9.17) is 14.2 Å². The van der Waals surface area contributed by atoms with Crippen LogP contribution in [0.15, 0.2) is 18.2 Å². The van der Waals surface area contributed by atoms with E-state index in [0.29, 0.717) is 31.7 Å². The third kappa shape index (κ3) is 5.11. The second kappa shape index (κ2) is 9.76. The first kappa shape index (κ1) is 22.5. The number of aromatic nitrogens is 2. The third-order valence-corrected chi connectivity index (χ3v) is 5.19. The molecule has 30 heavy (non-hydrogen) atoms. The van der Waals surface area contributed by atoms with E-state index < -0.39 is 24.3 Å². The van der Waals surface area contributed by atoms with Gasteiger partial charge in [-0.15, -0.1) is 5.10 Å². The van der Waals surface area contributed by atoms with E-state index in [1.807, 2.05) is 38.4 Å². The summed E-state index contributed by atoms with van der Waals surface area (Å²) in [5.74, 6) is 0.216. The van der Waals surface area contributed by atoms with Gasteiger partial charge >= 0.3 is 0 Å². The van der Waals surface area contributed by atoms with Crippen molar-refractivity contribution in [2.24, 2.45) is 0 Å². The molecule has 7 nitrogen and oxygen atoms in total. The smallest absolute Gasteiger partial charge is 0.238 e. The summed E-state index contributed by atoms with van der Waals surface area (Å²) < 4.78 is 33.2. The molecule has 1 fully saturated rings. The number of halogens is 1. The summed E-state index contributed by atoms with van der Waals surface area (Å²) in [6.07, 6.45) is -0.712. The second-order valence-electron chi connectivity index (χ2n) is 7.90. The molecular weight excluding hydrogens is 391 g/mol. The minimum Gasteiger partial charge on any atom is -0.491 e. The van der Waals surface area contributed by atoms with E-state index in [-0.39, 0.29) is 18.4 Å². The summed E-state index contributed by atoms with van der Waals surface area (Å²) in [6, 6.07) is 5.03. The summed E-state index contributed by atoms with van der Waals surface area (Å²) in [4.78, 5) is 0. The zero-order valence-electron chi connectivity index (χ0n) is 18.0. The monoisotopic (exact) mass is 422 g/mol. The van der Waals surface area contributed by atoms with Crippen LogP contribution in [0.3, 0.4) is 0 Å². The van der Waals surface area contributed by atoms with Crippen LogP contribution in [-0.2, 0) is 11.2 Å². The maximum absolute atomic E-state index is 14.3. The van der Waals surface area contributed by atoms with Gasteiger partial charge in [-0.2, -0.15) is 0 Å². The molecule has 1 aromatic heterocycles. The van der Waals surface area contributed by atoms with Crippen molar-refractivity contribution in [1.29, 1.82) is 0 Å². The number of ether oxygens (including phenoxy) is 3. The molecule has 1 aliphatic rings. The van der Waals surface area contributed by atoms with Crippen molar-refractivity contribution in [2.45, 2.75) is 71.5 Å². The van der Waals surface area contributed by atoms with Gasteiger partial charge in [0.25, 0.3) is 0 Å². The van der Waals surface area contributed by atoms with Crippen molar-refractivity contribution in [3.63, 3.8) is 0 Å². The van der Waals surface area contributed by atoms with Crippen LogP contribution in [0.25, 0.3) is 0 Å². The molecule has 166 valence electrons. The van der Waals surface area contributed by atoms with Crippen LogP contribution < -0.4 is 9.47 Å². The lowest BCUT2D eigenvalue weighted by Gasteiger charge is -2.31. The predicted octanol–water partition coefficient (Wildman–Crippen LogP) is 3.14. The van der Waals surface area contributed by atoms with Gasteiger partial charge in [-0.25, -0.2) is 4.39 Å². The maximum Gasteiger partial charge on any atom is 0.238 e. The Kier molecular flexibility index (Phi) is 7.33. The summed E-state index contributed by atoms with van der Waals surface area (Å²) in [5.41, 5.74) is 2.52. The second-order valence-corrected chi connectivity index (χ2v) is 7.90. The Hall–Kier alpha value is -2.16. The van der Waals surface area contributed by atoms with E-state index in [1.54, 1.807) is 6.07 Å². The van der Waals surface area contributed by atoms with Gasteiger partial charge in [0.1, 0.15) is 0 Å². The fourth-order valence-corrected chi connectivity index (χ4v) is 3.72. The van der Waals surface area contributed by atoms with Crippen molar-refractivity contribution in [3.8, 4) is 11.6 Å². The first-order valence-corrected chi connectivity index (χ1v) is 10.4. The number of benzene rings is 1. The molecule has 0 unspecified atom stereocenters. The number of hydrogen-bond acceptors (Lipinski definition) is 6. The molecule has 0 bridgehead atoms. The number of hydrogen-bond donors (Lipinski definition) is 2. The van der Waals surface area contributed by atoms with Crippen molar-refractivity contribution in [1.82, 2.24) is 9.78 Å². The quantitative estimate of drug-likeness (QED) is 0.680. The minimum atomic E-state index is -0.711. The van der Waals surface area contributed by atoms with Crippen LogP contribution in [0.2, 0.25) is 0 Å². The van der Waals surface area contributed by atoms with Gasteiger partial charge in [-0.3, -0.25) is 4.68 Å². The van der Waals surface area contributed by atoms with Crippen molar-refractivity contribution >= 4 is 0 Å². The molecule has 1 aromatic carbocycles. The number of rotatable bonds is 8. The fourth-order valence-electron chi connectivity index (χ4n) is 3.72. The van der Waals surface area contributed by atoms with Crippen LogP contribution in [0.4, 0.5) is 4.39 Å². The highest BCUT2D eigenvalue weighted by Crippen LogP contribution is 2.31. The van der Waals surface area contributed by atoms with Crippen molar-refractivity contribution in [3.05, 3.63) is 40.8 Å². The van der Waals surface area contributed by atoms with Crippen LogP contribution in [0, 0.1) is 12.7 Å². The van der Waals surface area contributed by atoms with Gasteiger partial charge in [-0.05, 0) is 45.4 Å². The summed E-state index contributed by atoms with van der Waals surface area (Å²) in [7, 11) is 0. The lowest BCUT2D eigenvalue weighted by atomic mass is 10.0. The molecular formula is C22H31FN2O5. The molecule has 0 spiro atoms. The molecule has 1 aliphatic heterocycles. The SMILES string of the molecule is CCOc1ccc(Cc2c(O[C@H]3C[C@@H](O)C[C@@H](CO)O3)nn(C(C)C)c2C)cc1F. The summed E-state index contributed by atoms with van der Waals surface area (Å²) >= 11 is 0. The summed E-state index contributed by atoms with van der Waals surface area (Å²) in [5, 5.41) is 24.1. The number of aliphatic hydroxyl groups excluding tert-OH is 2. The van der Waals surface area contributed by atoms with Gasteiger partial charge < -0.3 is 24.4 Å². The largest absolute Gasteiger partial charge is 0.491 e. The van der Waals surface area contributed by atoms with E-state index in [9.17, 15) is 14.6 Å². The van der Waals surface area contributed by atoms with Gasteiger partial charge in [0.15, 0.2) is 11.6 Å². The molecule has 2 heterocycles. The predicted molar refractivity (Wildman–Crippen MR) is 109 cm³/mol. The van der Waals surface area contributed by atoms with Gasteiger partial charge in [0.2, 0.25) is 12.2 Å². The standard InChI is InChI=1S/C22H31FN2O5/c1-5-28-20-7-6-15(9-19(20)23)8-18-14(4)25(13(2)3)24-22(18)30-21-11-16(27)10-17(12-26)29-21/h6-7,9,13,16-17,21,26-27H,5,8,10-12H2,1-4H3/t16-,17-,21-/m0/s1. The molecule has 2 aromatic rings. The molecule has 2 N–H and O–H groups in total. The highest BCUT2D eigenvalue weighted by molar-refractivity contribution is 5.39. The zero-order valence-corrected chi connectivity index (χ0v) is 18.0.